The quantitative estimate of drug-likeness (QED) is 0.812. The Labute approximate surface area is 121 Å². The number of alkyl halides is 2. The molecule has 1 aromatic rings. The van der Waals surface area contributed by atoms with Gasteiger partial charge in [-0.05, 0) is 17.7 Å². The molecule has 1 aliphatic heterocycles. The topological polar surface area (TPSA) is 75.3 Å². The lowest BCUT2D eigenvalue weighted by molar-refractivity contribution is 0.0942. The van der Waals surface area contributed by atoms with Crippen LogP contribution in [0, 0.1) is 5.92 Å². The summed E-state index contributed by atoms with van der Waals surface area (Å²) in [6.07, 6.45) is 0. The van der Waals surface area contributed by atoms with Crippen LogP contribution in [0.4, 0.5) is 8.78 Å². The molecule has 0 unspecified atom stereocenters. The van der Waals surface area contributed by atoms with E-state index in [4.69, 9.17) is 0 Å². The lowest BCUT2D eigenvalue weighted by atomic mass is 10.0. The van der Waals surface area contributed by atoms with Crippen LogP contribution >= 0.6 is 0 Å². The molecule has 0 atom stereocenters. The first-order valence-electron chi connectivity index (χ1n) is 6.46. The van der Waals surface area contributed by atoms with Crippen LogP contribution in [0.3, 0.4) is 0 Å². The van der Waals surface area contributed by atoms with Gasteiger partial charge in [-0.15, -0.1) is 0 Å². The molecule has 5 nitrogen and oxygen atoms in total. The van der Waals surface area contributed by atoms with Crippen molar-refractivity contribution in [2.75, 3.05) is 19.6 Å². The van der Waals surface area contributed by atoms with Gasteiger partial charge in [0.1, 0.15) is 0 Å². The first-order chi connectivity index (χ1) is 9.88. The molecule has 2 rings (SSSR count). The molecule has 1 saturated heterocycles. The van der Waals surface area contributed by atoms with Gasteiger partial charge in [0, 0.05) is 31.1 Å². The summed E-state index contributed by atoms with van der Waals surface area (Å²) >= 11 is 0. The number of benzene rings is 1. The molecular formula is C13H16F2N2O3S. The van der Waals surface area contributed by atoms with E-state index >= 15 is 0 Å². The van der Waals surface area contributed by atoms with E-state index < -0.39 is 21.3 Å². The largest absolute Gasteiger partial charge is 0.352 e. The molecule has 1 aromatic carbocycles. The van der Waals surface area contributed by atoms with Crippen LogP contribution in [0.15, 0.2) is 24.3 Å². The van der Waals surface area contributed by atoms with E-state index in [0.29, 0.717) is 18.0 Å². The highest BCUT2D eigenvalue weighted by molar-refractivity contribution is 7.90. The molecule has 1 aliphatic rings. The van der Waals surface area contributed by atoms with Gasteiger partial charge in [-0.25, -0.2) is 8.42 Å². The van der Waals surface area contributed by atoms with Crippen LogP contribution in [0.1, 0.15) is 15.9 Å². The number of rotatable bonds is 6. The predicted molar refractivity (Wildman–Crippen MR) is 73.8 cm³/mol. The third-order valence-electron chi connectivity index (χ3n) is 3.27. The number of hydrogen-bond acceptors (Lipinski definition) is 4. The number of halogens is 2. The van der Waals surface area contributed by atoms with Gasteiger partial charge in [-0.2, -0.15) is 8.78 Å². The SMILES string of the molecule is O=C(NCC1CNC1)c1ccc(CS(=O)(=O)C(F)F)cc1. The van der Waals surface area contributed by atoms with Gasteiger partial charge in [-0.3, -0.25) is 4.79 Å². The van der Waals surface area contributed by atoms with Crippen molar-refractivity contribution in [3.8, 4) is 0 Å². The van der Waals surface area contributed by atoms with E-state index in [0.717, 1.165) is 13.1 Å². The minimum Gasteiger partial charge on any atom is -0.352 e. The summed E-state index contributed by atoms with van der Waals surface area (Å²) in [5.41, 5.74) is 0.607. The van der Waals surface area contributed by atoms with E-state index in [-0.39, 0.29) is 11.5 Å². The van der Waals surface area contributed by atoms with Crippen LogP contribution < -0.4 is 10.6 Å². The van der Waals surface area contributed by atoms with Crippen molar-refractivity contribution in [1.29, 1.82) is 0 Å². The maximum absolute atomic E-state index is 12.3. The Morgan fingerprint density at radius 1 is 1.29 bits per heavy atom. The van der Waals surface area contributed by atoms with Crippen LogP contribution in [0.2, 0.25) is 0 Å². The van der Waals surface area contributed by atoms with Crippen molar-refractivity contribution >= 4 is 15.7 Å². The third kappa shape index (κ3) is 4.21. The fourth-order valence-electron chi connectivity index (χ4n) is 1.88. The van der Waals surface area contributed by atoms with Gasteiger partial charge >= 0.3 is 5.76 Å². The molecule has 1 amide bonds. The lowest BCUT2D eigenvalue weighted by Gasteiger charge is -2.27. The highest BCUT2D eigenvalue weighted by Crippen LogP contribution is 2.14. The van der Waals surface area contributed by atoms with Gasteiger partial charge in [0.05, 0.1) is 5.75 Å². The molecule has 0 spiro atoms. The molecule has 0 aromatic heterocycles. The highest BCUT2D eigenvalue weighted by Gasteiger charge is 2.24. The summed E-state index contributed by atoms with van der Waals surface area (Å²) in [7, 11) is -4.44. The molecular weight excluding hydrogens is 302 g/mol. The van der Waals surface area contributed by atoms with Gasteiger partial charge in [0.2, 0.25) is 9.84 Å². The maximum Gasteiger partial charge on any atom is 0.337 e. The zero-order valence-electron chi connectivity index (χ0n) is 11.2. The second-order valence-corrected chi connectivity index (χ2v) is 6.97. The van der Waals surface area contributed by atoms with Crippen LogP contribution in [-0.2, 0) is 15.6 Å². The van der Waals surface area contributed by atoms with Gasteiger partial charge in [0.25, 0.3) is 5.91 Å². The van der Waals surface area contributed by atoms with Crippen molar-refractivity contribution in [2.24, 2.45) is 5.92 Å². The third-order valence-corrected chi connectivity index (χ3v) is 4.55. The summed E-state index contributed by atoms with van der Waals surface area (Å²) in [4.78, 5) is 11.8. The van der Waals surface area contributed by atoms with Gasteiger partial charge in [-0.1, -0.05) is 12.1 Å². The first kappa shape index (κ1) is 15.8. The summed E-state index contributed by atoms with van der Waals surface area (Å²) in [6, 6.07) is 5.62. The molecule has 1 fully saturated rings. The average molecular weight is 318 g/mol. The molecule has 21 heavy (non-hydrogen) atoms. The number of hydrogen-bond donors (Lipinski definition) is 2. The average Bonchev–Trinajstić information content (AvgIpc) is 2.37. The van der Waals surface area contributed by atoms with Crippen molar-refractivity contribution < 1.29 is 22.0 Å². The Balaban J connectivity index is 1.93. The lowest BCUT2D eigenvalue weighted by Crippen LogP contribution is -2.48. The Hall–Kier alpha value is -1.54. The normalized spacial score (nSPS) is 15.8. The number of nitrogens with one attached hydrogen (secondary N) is 2. The molecule has 0 radical (unpaired) electrons. The highest BCUT2D eigenvalue weighted by atomic mass is 32.2. The first-order valence-corrected chi connectivity index (χ1v) is 8.17. The molecule has 0 aliphatic carbocycles. The van der Waals surface area contributed by atoms with Gasteiger partial charge in [0.15, 0.2) is 0 Å². The smallest absolute Gasteiger partial charge is 0.337 e. The minimum absolute atomic E-state index is 0.232. The Morgan fingerprint density at radius 3 is 2.38 bits per heavy atom. The Morgan fingerprint density at radius 2 is 1.90 bits per heavy atom. The summed E-state index contributed by atoms with van der Waals surface area (Å²) in [6.45, 7) is 2.34. The van der Waals surface area contributed by atoms with Crippen molar-refractivity contribution in [3.63, 3.8) is 0 Å². The van der Waals surface area contributed by atoms with Crippen LogP contribution in [0.25, 0.3) is 0 Å². The van der Waals surface area contributed by atoms with Crippen LogP contribution in [-0.4, -0.2) is 39.7 Å². The standard InChI is InChI=1S/C13H16F2N2O3S/c14-13(15)21(19,20)8-9-1-3-11(4-2-9)12(18)17-7-10-5-16-6-10/h1-4,10,13,16H,5-8H2,(H,17,18). The molecule has 116 valence electrons. The van der Waals surface area contributed by atoms with E-state index in [2.05, 4.69) is 10.6 Å². The Bertz CT molecular complexity index is 598. The van der Waals surface area contributed by atoms with E-state index in [9.17, 15) is 22.0 Å². The maximum atomic E-state index is 12.3. The van der Waals surface area contributed by atoms with Gasteiger partial charge < -0.3 is 10.6 Å². The molecule has 2 N–H and O–H groups in total. The van der Waals surface area contributed by atoms with Crippen molar-refractivity contribution in [2.45, 2.75) is 11.5 Å². The summed E-state index contributed by atoms with van der Waals surface area (Å²) in [5.74, 6) is -3.95. The van der Waals surface area contributed by atoms with E-state index in [1.165, 1.54) is 24.3 Å². The van der Waals surface area contributed by atoms with Crippen molar-refractivity contribution in [3.05, 3.63) is 35.4 Å². The minimum atomic E-state index is -4.44. The fraction of sp³-hybridized carbons (Fsp3) is 0.462. The summed E-state index contributed by atoms with van der Waals surface area (Å²) < 4.78 is 46.7. The van der Waals surface area contributed by atoms with E-state index in [1.807, 2.05) is 0 Å². The zero-order chi connectivity index (χ0) is 15.5. The van der Waals surface area contributed by atoms with Crippen LogP contribution in [0.5, 0.6) is 0 Å². The Kier molecular flexibility index (Phi) is 4.89. The zero-order valence-corrected chi connectivity index (χ0v) is 12.0. The number of sulfone groups is 1. The summed E-state index contributed by atoms with van der Waals surface area (Å²) in [5, 5.41) is 5.86. The fourth-order valence-corrected chi connectivity index (χ4v) is 2.66. The second kappa shape index (κ2) is 6.48. The predicted octanol–water partition coefficient (Wildman–Crippen LogP) is 0.773. The van der Waals surface area contributed by atoms with E-state index in [1.54, 1.807) is 0 Å². The number of amides is 1. The molecule has 0 saturated carbocycles. The molecule has 0 bridgehead atoms. The number of carbonyl (C=O) groups excluding carboxylic acids is 1. The van der Waals surface area contributed by atoms with Crippen molar-refractivity contribution in [1.82, 2.24) is 10.6 Å². The second-order valence-electron chi connectivity index (χ2n) is 5.00. The molecule has 1 heterocycles. The number of carbonyl (C=O) groups is 1. The monoisotopic (exact) mass is 318 g/mol. The molecule has 8 heteroatoms.